The smallest absolute Gasteiger partial charge is 0.309 e. The second kappa shape index (κ2) is 31.9. The third-order valence-corrected chi connectivity index (χ3v) is 27.4. The van der Waals surface area contributed by atoms with Crippen LogP contribution in [-0.2, 0) is 12.4 Å². The molecular formula is C124H74F6N8. The first-order valence-corrected chi connectivity index (χ1v) is 45.8. The molecule has 0 N–H and O–H groups in total. The second-order valence-electron chi connectivity index (χ2n) is 35.4. The van der Waals surface area contributed by atoms with E-state index in [1.807, 2.05) is 54.6 Å². The molecule has 0 saturated heterocycles. The standard InChI is InChI=1S/C71H43F3N4.C53H31F3N4/c72-71(73,74)55-31-25-46-23-24-53(37-54(46)38-55)70-75-68(59-32-26-47-17-10-11-22-58(47)69(59)76-70)52-18-12-21-57(39-52)78-66-34-28-49(45-15-6-2-7-16-45)41-61(66)63-43-51(30-36-67(63)78)50-29-35-65-62(42-50)60-40-48(44-13-4-1-5-14-44)27-33-64(60)77(65)56-19-8-3-9-20-56;54-53(55,56)37-24-22-32-20-21-35(28-36(32)29-37)52-57-50(44-26-23-33-10-1-2-13-40(33)51(44)58-52)34-11-9-12-38(30-34)59-48-19-8-5-16-43(48)45-31-39(25-27-49(45)59)60-46-17-6-3-14-41(46)42-15-4-7-18-47(42)60/h1-43H;1-31H. The fourth-order valence-electron chi connectivity index (χ4n) is 20.9. The lowest BCUT2D eigenvalue weighted by molar-refractivity contribution is -0.138. The lowest BCUT2D eigenvalue weighted by atomic mass is 9.98. The van der Waals surface area contributed by atoms with E-state index in [-0.39, 0.29) is 0 Å². The van der Waals surface area contributed by atoms with Crippen LogP contribution in [0.4, 0.5) is 26.3 Å². The van der Waals surface area contributed by atoms with E-state index in [4.69, 9.17) is 19.9 Å². The van der Waals surface area contributed by atoms with Crippen molar-refractivity contribution in [2.24, 2.45) is 0 Å². The van der Waals surface area contributed by atoms with Gasteiger partial charge in [0.2, 0.25) is 0 Å². The van der Waals surface area contributed by atoms with Gasteiger partial charge in [-0.2, -0.15) is 26.3 Å². The first kappa shape index (κ1) is 80.9. The quantitative estimate of drug-likeness (QED) is 0.0956. The molecule has 0 atom stereocenters. The average molecular weight is 1790 g/mol. The van der Waals surface area contributed by atoms with Gasteiger partial charge in [-0.05, 0) is 236 Å². The maximum Gasteiger partial charge on any atom is 0.416 e. The molecule has 21 aromatic carbocycles. The van der Waals surface area contributed by atoms with E-state index in [1.54, 1.807) is 12.1 Å². The first-order valence-electron chi connectivity index (χ1n) is 45.8. The number of hydrogen-bond donors (Lipinski definition) is 0. The van der Waals surface area contributed by atoms with Crippen molar-refractivity contribution in [3.63, 3.8) is 0 Å². The molecule has 6 aromatic heterocycles. The number of rotatable bonds is 11. The summed E-state index contributed by atoms with van der Waals surface area (Å²) in [6.45, 7) is 0. The summed E-state index contributed by atoms with van der Waals surface area (Å²) in [4.78, 5) is 20.8. The third-order valence-electron chi connectivity index (χ3n) is 27.4. The molecule has 0 amide bonds. The minimum Gasteiger partial charge on any atom is -0.309 e. The van der Waals surface area contributed by atoms with Crippen LogP contribution in [-0.4, -0.2) is 38.2 Å². The Morgan fingerprint density at radius 2 is 0.457 bits per heavy atom. The number of benzene rings is 21. The predicted octanol–water partition coefficient (Wildman–Crippen LogP) is 34.0. The van der Waals surface area contributed by atoms with Crippen molar-refractivity contribution in [1.29, 1.82) is 0 Å². The number of aromatic nitrogens is 8. The predicted molar refractivity (Wildman–Crippen MR) is 555 cm³/mol. The van der Waals surface area contributed by atoms with Gasteiger partial charge in [0.25, 0.3) is 0 Å². The number of hydrogen-bond acceptors (Lipinski definition) is 4. The van der Waals surface area contributed by atoms with E-state index >= 15 is 0 Å². The fraction of sp³-hybridized carbons (Fsp3) is 0.0161. The lowest BCUT2D eigenvalue weighted by Crippen LogP contribution is -2.04. The Labute approximate surface area is 785 Å². The van der Waals surface area contributed by atoms with E-state index in [9.17, 15) is 26.3 Å². The highest BCUT2D eigenvalue weighted by Gasteiger charge is 2.33. The highest BCUT2D eigenvalue weighted by molar-refractivity contribution is 6.18. The van der Waals surface area contributed by atoms with Gasteiger partial charge in [0.15, 0.2) is 11.6 Å². The van der Waals surface area contributed by atoms with Crippen LogP contribution >= 0.6 is 0 Å². The second-order valence-corrected chi connectivity index (χ2v) is 35.4. The topological polar surface area (TPSA) is 71.3 Å². The Morgan fingerprint density at radius 1 is 0.159 bits per heavy atom. The van der Waals surface area contributed by atoms with Crippen molar-refractivity contribution in [3.8, 4) is 101 Å². The summed E-state index contributed by atoms with van der Waals surface area (Å²) in [5.41, 5.74) is 24.5. The molecule has 8 nitrogen and oxygen atoms in total. The zero-order valence-corrected chi connectivity index (χ0v) is 73.6. The Morgan fingerprint density at radius 3 is 0.870 bits per heavy atom. The number of fused-ring (bicyclic) bond motifs is 20. The maximum atomic E-state index is 13.9. The van der Waals surface area contributed by atoms with Gasteiger partial charge in [0.1, 0.15) is 0 Å². The average Bonchev–Trinajstić information content (AvgIpc) is 1.57. The van der Waals surface area contributed by atoms with E-state index in [0.717, 1.165) is 189 Å². The Bertz CT molecular complexity index is 9660. The van der Waals surface area contributed by atoms with E-state index in [0.29, 0.717) is 44.3 Å². The van der Waals surface area contributed by atoms with Crippen molar-refractivity contribution < 1.29 is 26.3 Å². The minimum atomic E-state index is -4.47. The van der Waals surface area contributed by atoms with Crippen molar-refractivity contribution >= 4 is 152 Å². The zero-order valence-electron chi connectivity index (χ0n) is 73.6. The Hall–Kier alpha value is -17.9. The lowest BCUT2D eigenvalue weighted by Gasteiger charge is -2.14. The van der Waals surface area contributed by atoms with Gasteiger partial charge in [-0.1, -0.05) is 279 Å². The summed E-state index contributed by atoms with van der Waals surface area (Å²) in [6.07, 6.45) is -8.93. The monoisotopic (exact) mass is 1790 g/mol. The largest absolute Gasteiger partial charge is 0.416 e. The van der Waals surface area contributed by atoms with E-state index in [1.165, 1.54) is 56.9 Å². The van der Waals surface area contributed by atoms with Crippen molar-refractivity contribution in [2.45, 2.75) is 12.4 Å². The molecule has 27 aromatic rings. The van der Waals surface area contributed by atoms with Crippen LogP contribution in [0.25, 0.3) is 254 Å². The van der Waals surface area contributed by atoms with Crippen molar-refractivity contribution in [1.82, 2.24) is 38.2 Å². The van der Waals surface area contributed by atoms with Gasteiger partial charge in [-0.25, -0.2) is 19.9 Å². The van der Waals surface area contributed by atoms with E-state index < -0.39 is 23.5 Å². The van der Waals surface area contributed by atoms with Crippen LogP contribution in [0.2, 0.25) is 0 Å². The first-order chi connectivity index (χ1) is 67.6. The summed E-state index contributed by atoms with van der Waals surface area (Å²) in [5, 5.41) is 17.4. The molecule has 0 spiro atoms. The van der Waals surface area contributed by atoms with Crippen LogP contribution in [0.15, 0.2) is 449 Å². The summed E-state index contributed by atoms with van der Waals surface area (Å²) in [5.74, 6) is 0.865. The highest BCUT2D eigenvalue weighted by Crippen LogP contribution is 2.47. The van der Waals surface area contributed by atoms with Gasteiger partial charge >= 0.3 is 12.4 Å². The Kier molecular flexibility index (Phi) is 18.7. The van der Waals surface area contributed by atoms with Crippen LogP contribution in [0.5, 0.6) is 0 Å². The molecule has 138 heavy (non-hydrogen) atoms. The summed E-state index contributed by atoms with van der Waals surface area (Å²) in [7, 11) is 0. The van der Waals surface area contributed by atoms with E-state index in [2.05, 4.69) is 364 Å². The van der Waals surface area contributed by atoms with Gasteiger partial charge in [-0.3, -0.25) is 0 Å². The Balaban J connectivity index is 0.000000148. The van der Waals surface area contributed by atoms with Crippen LogP contribution < -0.4 is 0 Å². The minimum absolute atomic E-state index is 0.427. The van der Waals surface area contributed by atoms with Gasteiger partial charge in [-0.15, -0.1) is 0 Å². The number of alkyl halides is 6. The number of nitrogens with zero attached hydrogens (tertiary/aromatic N) is 8. The molecule has 27 rings (SSSR count). The van der Waals surface area contributed by atoms with Gasteiger partial charge in [0.05, 0.1) is 77.7 Å². The maximum absolute atomic E-state index is 13.9. The van der Waals surface area contributed by atoms with Gasteiger partial charge < -0.3 is 18.3 Å². The SMILES string of the molecule is FC(F)(F)c1ccc2ccc(-c3nc(-c4cccc(-n5c6ccc(-c7ccccc7)cc6c6cc(-c7ccc8c(c7)c7cc(-c9ccccc9)ccc7n8-c7ccccc7)ccc65)c4)c4ccc5ccccc5c4n3)cc2c1.FC(F)(F)c1ccc2ccc(-c3nc(-c4cccc(-n5c6ccccc6c6cc(-n7c8ccccc8c8ccccc87)ccc65)c4)c4ccc5ccccc5c4n3)cc2c1. The molecule has 0 saturated carbocycles. The summed E-state index contributed by atoms with van der Waals surface area (Å²) in [6, 6.07) is 151. The van der Waals surface area contributed by atoms with Gasteiger partial charge in [0, 0.05) is 110 Å². The van der Waals surface area contributed by atoms with Crippen LogP contribution in [0.3, 0.4) is 0 Å². The molecule has 0 aliphatic heterocycles. The molecule has 6 heterocycles. The van der Waals surface area contributed by atoms with Crippen molar-refractivity contribution in [2.75, 3.05) is 0 Å². The molecule has 0 aliphatic carbocycles. The molecule has 652 valence electrons. The molecule has 0 fully saturated rings. The van der Waals surface area contributed by atoms with Crippen LogP contribution in [0, 0.1) is 0 Å². The molecule has 0 aliphatic rings. The highest BCUT2D eigenvalue weighted by atomic mass is 19.4. The van der Waals surface area contributed by atoms with Crippen LogP contribution in [0.1, 0.15) is 11.1 Å². The zero-order chi connectivity index (χ0) is 92.2. The molecule has 0 bridgehead atoms. The molecular weight excluding hydrogens is 1720 g/mol. The number of halogens is 6. The molecule has 14 heteroatoms. The summed E-state index contributed by atoms with van der Waals surface area (Å²) < 4.78 is 92.5. The van der Waals surface area contributed by atoms with Crippen molar-refractivity contribution in [3.05, 3.63) is 460 Å². The normalized spacial score (nSPS) is 12.1. The third kappa shape index (κ3) is 13.7. The molecule has 0 radical (unpaired) electrons. The number of para-hydroxylation sites is 4. The fourth-order valence-corrected chi connectivity index (χ4v) is 20.9. The summed E-state index contributed by atoms with van der Waals surface area (Å²) >= 11 is 0. The molecule has 0 unspecified atom stereocenters.